The van der Waals surface area contributed by atoms with Crippen LogP contribution in [0, 0.1) is 11.8 Å². The van der Waals surface area contributed by atoms with Crippen LogP contribution in [0.3, 0.4) is 0 Å². The third kappa shape index (κ3) is 2.32. The van der Waals surface area contributed by atoms with Crippen molar-refractivity contribution in [1.29, 1.82) is 0 Å². The lowest BCUT2D eigenvalue weighted by atomic mass is 9.94. The van der Waals surface area contributed by atoms with E-state index in [0.717, 1.165) is 5.92 Å². The molecule has 3 unspecified atom stereocenters. The maximum Gasteiger partial charge on any atom is 0.315 e. The predicted octanol–water partition coefficient (Wildman–Crippen LogP) is 3.05. The molecule has 5 heteroatoms. The average molecular weight is 244 g/mol. The number of nitrogens with zero attached hydrogens (tertiary/aromatic N) is 2. The molecule has 0 spiro atoms. The Morgan fingerprint density at radius 3 is 2.81 bits per heavy atom. The molecule has 3 atom stereocenters. The molecule has 4 nitrogen and oxygen atoms in total. The van der Waals surface area contributed by atoms with Gasteiger partial charge in [0.05, 0.1) is 0 Å². The summed E-state index contributed by atoms with van der Waals surface area (Å²) in [6, 6.07) is 0.956. The number of nitrogens with one attached hydrogen (secondary N) is 1. The summed E-state index contributed by atoms with van der Waals surface area (Å²) in [7, 11) is 0. The van der Waals surface area contributed by atoms with Gasteiger partial charge in [0.25, 0.3) is 0 Å². The zero-order valence-corrected chi connectivity index (χ0v) is 10.5. The standard InChI is InChI=1S/C11H18ClN3O/c1-3-8-4-5-9(7(8)2)13-11-15-14-10(6-12)16-11/h7-9H,3-6H2,1-2H3,(H,13,15). The van der Waals surface area contributed by atoms with Crippen LogP contribution in [0.5, 0.6) is 0 Å². The Hall–Kier alpha value is -0.770. The lowest BCUT2D eigenvalue weighted by molar-refractivity contribution is 0.387. The predicted molar refractivity (Wildman–Crippen MR) is 63.4 cm³/mol. The van der Waals surface area contributed by atoms with Crippen molar-refractivity contribution in [2.24, 2.45) is 11.8 Å². The summed E-state index contributed by atoms with van der Waals surface area (Å²) in [6.45, 7) is 4.54. The monoisotopic (exact) mass is 243 g/mol. The van der Waals surface area contributed by atoms with Gasteiger partial charge in [0, 0.05) is 6.04 Å². The molecule has 1 saturated carbocycles. The van der Waals surface area contributed by atoms with E-state index in [1.54, 1.807) is 0 Å². The van der Waals surface area contributed by atoms with E-state index in [0.29, 0.717) is 23.9 Å². The van der Waals surface area contributed by atoms with Crippen molar-refractivity contribution in [2.75, 3.05) is 5.32 Å². The zero-order valence-electron chi connectivity index (χ0n) is 9.74. The molecule has 1 aliphatic carbocycles. The molecule has 1 heterocycles. The van der Waals surface area contributed by atoms with Gasteiger partial charge in [-0.25, -0.2) is 0 Å². The number of rotatable bonds is 4. The molecule has 16 heavy (non-hydrogen) atoms. The first kappa shape index (κ1) is 11.7. The number of hydrogen-bond acceptors (Lipinski definition) is 4. The molecule has 0 saturated heterocycles. The van der Waals surface area contributed by atoms with Gasteiger partial charge in [-0.1, -0.05) is 25.4 Å². The Labute approximate surface area is 101 Å². The maximum atomic E-state index is 5.61. The van der Waals surface area contributed by atoms with Crippen LogP contribution in [0.1, 0.15) is 39.0 Å². The van der Waals surface area contributed by atoms with E-state index in [1.165, 1.54) is 19.3 Å². The third-order valence-electron chi connectivity index (χ3n) is 3.64. The van der Waals surface area contributed by atoms with Crippen molar-refractivity contribution in [3.8, 4) is 0 Å². The van der Waals surface area contributed by atoms with Crippen LogP contribution >= 0.6 is 11.6 Å². The minimum Gasteiger partial charge on any atom is -0.407 e. The molecular formula is C11H18ClN3O. The van der Waals surface area contributed by atoms with Gasteiger partial charge < -0.3 is 9.73 Å². The third-order valence-corrected chi connectivity index (χ3v) is 3.87. The fourth-order valence-electron chi connectivity index (χ4n) is 2.55. The summed E-state index contributed by atoms with van der Waals surface area (Å²) >= 11 is 5.61. The molecule has 2 rings (SSSR count). The molecule has 1 aromatic rings. The normalized spacial score (nSPS) is 29.6. The highest BCUT2D eigenvalue weighted by molar-refractivity contribution is 6.16. The zero-order chi connectivity index (χ0) is 11.5. The van der Waals surface area contributed by atoms with Crippen molar-refractivity contribution >= 4 is 17.6 Å². The number of anilines is 1. The van der Waals surface area contributed by atoms with E-state index >= 15 is 0 Å². The van der Waals surface area contributed by atoms with E-state index in [1.807, 2.05) is 0 Å². The van der Waals surface area contributed by atoms with Crippen molar-refractivity contribution < 1.29 is 4.42 Å². The summed E-state index contributed by atoms with van der Waals surface area (Å²) in [5.74, 6) is 2.22. The molecule has 0 radical (unpaired) electrons. The van der Waals surface area contributed by atoms with Gasteiger partial charge in [0.15, 0.2) is 0 Å². The second-order valence-electron chi connectivity index (χ2n) is 4.49. The Morgan fingerprint density at radius 2 is 2.25 bits per heavy atom. The fourth-order valence-corrected chi connectivity index (χ4v) is 2.66. The Morgan fingerprint density at radius 1 is 1.44 bits per heavy atom. The largest absolute Gasteiger partial charge is 0.407 e. The summed E-state index contributed by atoms with van der Waals surface area (Å²) in [5.41, 5.74) is 0. The minimum absolute atomic E-state index is 0.270. The van der Waals surface area contributed by atoms with Gasteiger partial charge in [0.1, 0.15) is 5.88 Å². The van der Waals surface area contributed by atoms with Crippen LogP contribution in [-0.2, 0) is 5.88 Å². The number of aromatic nitrogens is 2. The van der Waals surface area contributed by atoms with Gasteiger partial charge in [0.2, 0.25) is 5.89 Å². The van der Waals surface area contributed by atoms with Crippen LogP contribution in [0.2, 0.25) is 0 Å². The molecule has 0 aliphatic heterocycles. The van der Waals surface area contributed by atoms with Crippen LogP contribution in [-0.4, -0.2) is 16.2 Å². The average Bonchev–Trinajstić information content (AvgIpc) is 2.88. The van der Waals surface area contributed by atoms with Gasteiger partial charge in [-0.05, 0) is 24.7 Å². The van der Waals surface area contributed by atoms with Gasteiger partial charge in [-0.15, -0.1) is 16.7 Å². The Kier molecular flexibility index (Phi) is 3.69. The number of halogens is 1. The smallest absolute Gasteiger partial charge is 0.315 e. The Bertz CT molecular complexity index is 342. The topological polar surface area (TPSA) is 51.0 Å². The highest BCUT2D eigenvalue weighted by atomic mass is 35.5. The first-order valence-corrected chi connectivity index (χ1v) is 6.43. The fraction of sp³-hybridized carbons (Fsp3) is 0.818. The minimum atomic E-state index is 0.270. The molecule has 1 N–H and O–H groups in total. The van der Waals surface area contributed by atoms with E-state index in [-0.39, 0.29) is 5.88 Å². The molecular weight excluding hydrogens is 226 g/mol. The highest BCUT2D eigenvalue weighted by Crippen LogP contribution is 2.35. The molecule has 1 aromatic heterocycles. The molecule has 0 aromatic carbocycles. The van der Waals surface area contributed by atoms with Crippen molar-refractivity contribution in [3.63, 3.8) is 0 Å². The van der Waals surface area contributed by atoms with E-state index in [4.69, 9.17) is 16.0 Å². The highest BCUT2D eigenvalue weighted by Gasteiger charge is 2.32. The van der Waals surface area contributed by atoms with Crippen molar-refractivity contribution in [2.45, 2.75) is 45.0 Å². The second kappa shape index (κ2) is 5.04. The van der Waals surface area contributed by atoms with Crippen molar-refractivity contribution in [1.82, 2.24) is 10.2 Å². The number of hydrogen-bond donors (Lipinski definition) is 1. The molecule has 1 fully saturated rings. The van der Waals surface area contributed by atoms with E-state index in [9.17, 15) is 0 Å². The molecule has 0 amide bonds. The lowest BCUT2D eigenvalue weighted by Crippen LogP contribution is -2.24. The van der Waals surface area contributed by atoms with Gasteiger partial charge in [-0.3, -0.25) is 0 Å². The first-order chi connectivity index (χ1) is 7.74. The lowest BCUT2D eigenvalue weighted by Gasteiger charge is -2.19. The molecule has 90 valence electrons. The van der Waals surface area contributed by atoms with Crippen LogP contribution in [0.4, 0.5) is 6.01 Å². The first-order valence-electron chi connectivity index (χ1n) is 5.89. The van der Waals surface area contributed by atoms with Gasteiger partial charge >= 0.3 is 6.01 Å². The molecule has 0 bridgehead atoms. The maximum absolute atomic E-state index is 5.61. The van der Waals surface area contributed by atoms with E-state index < -0.39 is 0 Å². The number of alkyl halides is 1. The summed E-state index contributed by atoms with van der Waals surface area (Å²) in [5, 5.41) is 11.1. The van der Waals surface area contributed by atoms with E-state index in [2.05, 4.69) is 29.4 Å². The molecule has 1 aliphatic rings. The summed E-state index contributed by atoms with van der Waals surface area (Å²) in [4.78, 5) is 0. The van der Waals surface area contributed by atoms with Gasteiger partial charge in [-0.2, -0.15) is 0 Å². The Balaban J connectivity index is 1.95. The quantitative estimate of drug-likeness (QED) is 0.826. The summed E-state index contributed by atoms with van der Waals surface area (Å²) < 4.78 is 5.35. The second-order valence-corrected chi connectivity index (χ2v) is 4.76. The van der Waals surface area contributed by atoms with Crippen molar-refractivity contribution in [3.05, 3.63) is 5.89 Å². The van der Waals surface area contributed by atoms with Crippen LogP contribution in [0.15, 0.2) is 4.42 Å². The van der Waals surface area contributed by atoms with Crippen LogP contribution in [0.25, 0.3) is 0 Å². The summed E-state index contributed by atoms with van der Waals surface area (Å²) in [6.07, 6.45) is 3.71. The van der Waals surface area contributed by atoms with Crippen LogP contribution < -0.4 is 5.32 Å². The SMILES string of the molecule is CCC1CCC(Nc2nnc(CCl)o2)C1C.